The van der Waals surface area contributed by atoms with E-state index in [4.69, 9.17) is 5.11 Å². The molecule has 0 aromatic heterocycles. The first kappa shape index (κ1) is 10.3. The van der Waals surface area contributed by atoms with Crippen LogP contribution in [0.5, 0.6) is 0 Å². The van der Waals surface area contributed by atoms with Crippen LogP contribution < -0.4 is 0 Å². The highest BCUT2D eigenvalue weighted by Crippen LogP contribution is 2.33. The van der Waals surface area contributed by atoms with E-state index in [1.807, 2.05) is 6.92 Å². The van der Waals surface area contributed by atoms with Crippen molar-refractivity contribution in [2.24, 2.45) is 17.8 Å². The minimum atomic E-state index is 0.120. The summed E-state index contributed by atoms with van der Waals surface area (Å²) in [6.45, 7) is 6.12. The molecule has 0 heterocycles. The van der Waals surface area contributed by atoms with E-state index in [-0.39, 0.29) is 17.6 Å². The number of hydrogen-bond donors (Lipinski definition) is 1. The highest BCUT2D eigenvalue weighted by Gasteiger charge is 2.32. The van der Waals surface area contributed by atoms with Crippen molar-refractivity contribution in [3.63, 3.8) is 0 Å². The lowest BCUT2D eigenvalue weighted by molar-refractivity contribution is -0.122. The van der Waals surface area contributed by atoms with Gasteiger partial charge in [0.1, 0.15) is 0 Å². The average Bonchev–Trinajstić information content (AvgIpc) is 2.04. The second-order valence-corrected chi connectivity index (χ2v) is 4.28. The van der Waals surface area contributed by atoms with Crippen molar-refractivity contribution in [2.45, 2.75) is 33.6 Å². The molecule has 0 aromatic carbocycles. The Morgan fingerprint density at radius 2 is 2.08 bits per heavy atom. The maximum atomic E-state index is 11.8. The van der Waals surface area contributed by atoms with E-state index in [0.717, 1.165) is 19.1 Å². The minimum absolute atomic E-state index is 0.120. The molecule has 0 aliphatic heterocycles. The molecule has 1 saturated carbocycles. The summed E-state index contributed by atoms with van der Waals surface area (Å²) in [6.07, 6.45) is 2.98. The predicted molar refractivity (Wildman–Crippen MR) is 52.4 cm³/mol. The first-order valence-corrected chi connectivity index (χ1v) is 4.96. The molecule has 0 spiro atoms. The van der Waals surface area contributed by atoms with E-state index in [9.17, 15) is 4.79 Å². The molecular formula is C11H18O2. The lowest BCUT2D eigenvalue weighted by atomic mass is 9.74. The maximum Gasteiger partial charge on any atom is 0.165 e. The van der Waals surface area contributed by atoms with Gasteiger partial charge in [0.2, 0.25) is 0 Å². The number of hydrogen-bond acceptors (Lipinski definition) is 2. The van der Waals surface area contributed by atoms with Crippen LogP contribution in [0.1, 0.15) is 33.6 Å². The molecule has 2 nitrogen and oxygen atoms in total. The van der Waals surface area contributed by atoms with Crippen molar-refractivity contribution in [1.29, 1.82) is 0 Å². The van der Waals surface area contributed by atoms with Gasteiger partial charge in [-0.25, -0.2) is 0 Å². The quantitative estimate of drug-likeness (QED) is 0.500. The van der Waals surface area contributed by atoms with Crippen molar-refractivity contribution in [3.8, 4) is 0 Å². The Bertz CT molecular complexity index is 228. The summed E-state index contributed by atoms with van der Waals surface area (Å²) in [6, 6.07) is 0. The van der Waals surface area contributed by atoms with Gasteiger partial charge in [-0.2, -0.15) is 0 Å². The Hall–Kier alpha value is -0.790. The molecule has 1 aliphatic carbocycles. The van der Waals surface area contributed by atoms with Crippen molar-refractivity contribution in [1.82, 2.24) is 0 Å². The topological polar surface area (TPSA) is 37.3 Å². The molecule has 74 valence electrons. The second kappa shape index (κ2) is 3.95. The van der Waals surface area contributed by atoms with Gasteiger partial charge in [-0.1, -0.05) is 20.8 Å². The van der Waals surface area contributed by atoms with Gasteiger partial charge in [-0.15, -0.1) is 0 Å². The van der Waals surface area contributed by atoms with E-state index in [2.05, 4.69) is 13.8 Å². The summed E-state index contributed by atoms with van der Waals surface area (Å²) in [7, 11) is 0. The number of carbonyl (C=O) groups excluding carboxylic acids is 1. The number of rotatable bonds is 1. The zero-order chi connectivity index (χ0) is 10.0. The first-order valence-electron chi connectivity index (χ1n) is 4.96. The Balaban J connectivity index is 2.82. The third-order valence-electron chi connectivity index (χ3n) is 3.01. The van der Waals surface area contributed by atoms with Gasteiger partial charge in [0.25, 0.3) is 0 Å². The van der Waals surface area contributed by atoms with Crippen LogP contribution in [0.15, 0.2) is 11.8 Å². The third kappa shape index (κ3) is 1.93. The molecular weight excluding hydrogens is 164 g/mol. The molecule has 13 heavy (non-hydrogen) atoms. The average molecular weight is 182 g/mol. The molecule has 0 aromatic rings. The van der Waals surface area contributed by atoms with Gasteiger partial charge in [0, 0.05) is 11.5 Å². The smallest absolute Gasteiger partial charge is 0.165 e. The molecule has 1 aliphatic rings. The molecule has 0 radical (unpaired) electrons. The van der Waals surface area contributed by atoms with Crippen LogP contribution >= 0.6 is 0 Å². The van der Waals surface area contributed by atoms with Crippen molar-refractivity contribution >= 4 is 5.78 Å². The van der Waals surface area contributed by atoms with E-state index in [0.29, 0.717) is 11.5 Å². The maximum absolute atomic E-state index is 11.8. The first-order chi connectivity index (χ1) is 6.07. The zero-order valence-electron chi connectivity index (χ0n) is 8.58. The summed E-state index contributed by atoms with van der Waals surface area (Å²) in [5.41, 5.74) is 0.616. The largest absolute Gasteiger partial charge is 0.515 e. The van der Waals surface area contributed by atoms with E-state index in [1.165, 1.54) is 0 Å². The van der Waals surface area contributed by atoms with Gasteiger partial charge in [-0.05, 0) is 24.7 Å². The minimum Gasteiger partial charge on any atom is -0.515 e. The monoisotopic (exact) mass is 182 g/mol. The Morgan fingerprint density at radius 1 is 1.46 bits per heavy atom. The fourth-order valence-corrected chi connectivity index (χ4v) is 2.00. The number of carbonyl (C=O) groups is 1. The molecule has 0 saturated heterocycles. The lowest BCUT2D eigenvalue weighted by Gasteiger charge is -2.29. The van der Waals surface area contributed by atoms with Crippen LogP contribution in [-0.2, 0) is 4.79 Å². The summed E-state index contributed by atoms with van der Waals surface area (Å²) < 4.78 is 0. The van der Waals surface area contributed by atoms with Crippen molar-refractivity contribution < 1.29 is 9.90 Å². The normalized spacial score (nSPS) is 32.9. The van der Waals surface area contributed by atoms with Crippen LogP contribution in [0, 0.1) is 17.8 Å². The Morgan fingerprint density at radius 3 is 2.54 bits per heavy atom. The van der Waals surface area contributed by atoms with Gasteiger partial charge in [0.05, 0.1) is 6.26 Å². The van der Waals surface area contributed by atoms with Crippen LogP contribution in [0.2, 0.25) is 0 Å². The number of aliphatic hydroxyl groups is 1. The summed E-state index contributed by atoms with van der Waals surface area (Å²) in [5, 5.41) is 8.95. The van der Waals surface area contributed by atoms with Gasteiger partial charge in [0.15, 0.2) is 5.78 Å². The SMILES string of the molecule is CC(C)[C@@H]1CC[C@@H](C)/C(=C/O)C1=O. The molecule has 2 atom stereocenters. The Labute approximate surface area is 79.6 Å². The van der Waals surface area contributed by atoms with Gasteiger partial charge >= 0.3 is 0 Å². The predicted octanol–water partition coefficient (Wildman–Crippen LogP) is 2.70. The fourth-order valence-electron chi connectivity index (χ4n) is 2.00. The van der Waals surface area contributed by atoms with Crippen molar-refractivity contribution in [3.05, 3.63) is 11.8 Å². The zero-order valence-corrected chi connectivity index (χ0v) is 8.58. The summed E-state index contributed by atoms with van der Waals surface area (Å²) in [5.74, 6) is 0.883. The van der Waals surface area contributed by atoms with E-state index >= 15 is 0 Å². The number of ketones is 1. The van der Waals surface area contributed by atoms with Crippen LogP contribution in [0.4, 0.5) is 0 Å². The van der Waals surface area contributed by atoms with Crippen LogP contribution in [0.25, 0.3) is 0 Å². The molecule has 1 N–H and O–H groups in total. The van der Waals surface area contributed by atoms with Crippen molar-refractivity contribution in [2.75, 3.05) is 0 Å². The second-order valence-electron chi connectivity index (χ2n) is 4.28. The number of allylic oxidation sites excluding steroid dienone is 1. The standard InChI is InChI=1S/C11H18O2/c1-7(2)9-5-4-8(3)10(6-12)11(9)13/h6-9,12H,4-5H2,1-3H3/b10-6-/t8-,9+/m1/s1. The highest BCUT2D eigenvalue weighted by molar-refractivity contribution is 5.98. The molecule has 0 amide bonds. The van der Waals surface area contributed by atoms with Crippen LogP contribution in [-0.4, -0.2) is 10.9 Å². The molecule has 1 rings (SSSR count). The number of aliphatic hydroxyl groups excluding tert-OH is 1. The molecule has 2 heteroatoms. The van der Waals surface area contributed by atoms with Gasteiger partial charge in [-0.3, -0.25) is 4.79 Å². The van der Waals surface area contributed by atoms with E-state index in [1.54, 1.807) is 0 Å². The summed E-state index contributed by atoms with van der Waals surface area (Å²) >= 11 is 0. The fraction of sp³-hybridized carbons (Fsp3) is 0.727. The summed E-state index contributed by atoms with van der Waals surface area (Å²) in [4.78, 5) is 11.8. The lowest BCUT2D eigenvalue weighted by Crippen LogP contribution is -2.30. The third-order valence-corrected chi connectivity index (χ3v) is 3.01. The Kier molecular flexibility index (Phi) is 3.12. The number of Topliss-reactive ketones (excluding diaryl/α,β-unsaturated/α-hetero) is 1. The molecule has 1 fully saturated rings. The van der Waals surface area contributed by atoms with E-state index < -0.39 is 0 Å². The molecule has 0 bridgehead atoms. The highest BCUT2D eigenvalue weighted by atomic mass is 16.2. The van der Waals surface area contributed by atoms with Crippen LogP contribution in [0.3, 0.4) is 0 Å². The van der Waals surface area contributed by atoms with Gasteiger partial charge < -0.3 is 5.11 Å². The molecule has 0 unspecified atom stereocenters.